The fourth-order valence-electron chi connectivity index (χ4n) is 1.54. The highest BCUT2D eigenvalue weighted by molar-refractivity contribution is 7.11. The lowest BCUT2D eigenvalue weighted by Gasteiger charge is -1.98. The Morgan fingerprint density at radius 3 is 2.76 bits per heavy atom. The summed E-state index contributed by atoms with van der Waals surface area (Å²) in [4.78, 5) is 5.72. The maximum Gasteiger partial charge on any atom is 0.0971 e. The molecule has 2 aromatic rings. The number of thiazole rings is 1. The Morgan fingerprint density at radius 2 is 2.06 bits per heavy atom. The summed E-state index contributed by atoms with van der Waals surface area (Å²) in [7, 11) is 0. The van der Waals surface area contributed by atoms with Gasteiger partial charge in [0.15, 0.2) is 0 Å². The molecule has 0 saturated heterocycles. The van der Waals surface area contributed by atoms with Crippen molar-refractivity contribution >= 4 is 22.9 Å². The molecule has 0 aliphatic carbocycles. The highest BCUT2D eigenvalue weighted by atomic mass is 35.5. The molecule has 2 rings (SSSR count). The van der Waals surface area contributed by atoms with Gasteiger partial charge in [-0.1, -0.05) is 30.7 Å². The van der Waals surface area contributed by atoms with Gasteiger partial charge in [-0.2, -0.15) is 0 Å². The second-order valence-electron chi connectivity index (χ2n) is 3.80. The Kier molecular flexibility index (Phi) is 4.54. The lowest BCUT2D eigenvalue weighted by atomic mass is 10.2. The normalized spacial score (nSPS) is 10.7. The van der Waals surface area contributed by atoms with E-state index in [0.717, 1.165) is 29.5 Å². The molecule has 90 valence electrons. The number of halogens is 1. The van der Waals surface area contributed by atoms with Crippen molar-refractivity contribution in [3.8, 4) is 0 Å². The molecule has 1 heterocycles. The van der Waals surface area contributed by atoms with Gasteiger partial charge in [-0.15, -0.1) is 11.3 Å². The maximum atomic E-state index is 5.85. The summed E-state index contributed by atoms with van der Waals surface area (Å²) >= 11 is 7.62. The van der Waals surface area contributed by atoms with Crippen LogP contribution in [-0.2, 0) is 13.0 Å². The molecule has 2 nitrogen and oxygen atoms in total. The minimum Gasteiger partial charge on any atom is -0.312 e. The van der Waals surface area contributed by atoms with Crippen molar-refractivity contribution in [2.75, 3.05) is 6.54 Å². The minimum atomic E-state index is 0.778. The van der Waals surface area contributed by atoms with Crippen LogP contribution in [0.15, 0.2) is 30.5 Å². The molecule has 1 aromatic heterocycles. The quantitative estimate of drug-likeness (QED) is 0.896. The lowest BCUT2D eigenvalue weighted by molar-refractivity contribution is 0.734. The van der Waals surface area contributed by atoms with E-state index in [9.17, 15) is 0 Å². The van der Waals surface area contributed by atoms with Crippen LogP contribution >= 0.6 is 22.9 Å². The largest absolute Gasteiger partial charge is 0.312 e. The van der Waals surface area contributed by atoms with Crippen LogP contribution in [0.1, 0.15) is 22.4 Å². The molecular weight excluding hydrogens is 252 g/mol. The molecule has 0 atom stereocenters. The first-order chi connectivity index (χ1) is 8.28. The first-order valence-corrected chi connectivity index (χ1v) is 6.86. The molecule has 1 N–H and O–H groups in total. The van der Waals surface area contributed by atoms with Crippen molar-refractivity contribution in [2.24, 2.45) is 0 Å². The molecule has 0 aliphatic heterocycles. The predicted octanol–water partition coefficient (Wildman–Crippen LogP) is 3.50. The number of nitrogens with one attached hydrogen (secondary N) is 1. The number of rotatable bonds is 5. The number of hydrogen-bond donors (Lipinski definition) is 1. The monoisotopic (exact) mass is 266 g/mol. The molecular formula is C13H15ClN2S. The van der Waals surface area contributed by atoms with Gasteiger partial charge in [0.2, 0.25) is 0 Å². The molecule has 0 amide bonds. The van der Waals surface area contributed by atoms with E-state index in [1.807, 2.05) is 30.5 Å². The van der Waals surface area contributed by atoms with E-state index in [1.165, 1.54) is 10.4 Å². The summed E-state index contributed by atoms with van der Waals surface area (Å²) in [5, 5.41) is 5.23. The van der Waals surface area contributed by atoms with E-state index in [2.05, 4.69) is 17.2 Å². The van der Waals surface area contributed by atoms with E-state index >= 15 is 0 Å². The van der Waals surface area contributed by atoms with Crippen LogP contribution in [0.5, 0.6) is 0 Å². The van der Waals surface area contributed by atoms with E-state index < -0.39 is 0 Å². The van der Waals surface area contributed by atoms with Gasteiger partial charge in [0.25, 0.3) is 0 Å². The first kappa shape index (κ1) is 12.6. The fourth-order valence-corrected chi connectivity index (χ4v) is 2.59. The fraction of sp³-hybridized carbons (Fsp3) is 0.308. The van der Waals surface area contributed by atoms with Crippen LogP contribution in [-0.4, -0.2) is 11.5 Å². The maximum absolute atomic E-state index is 5.85. The summed E-state index contributed by atoms with van der Waals surface area (Å²) in [6, 6.07) is 7.94. The number of aromatic nitrogens is 1. The van der Waals surface area contributed by atoms with Crippen LogP contribution in [0, 0.1) is 0 Å². The summed E-state index contributed by atoms with van der Waals surface area (Å²) in [5.74, 6) is 0. The summed E-state index contributed by atoms with van der Waals surface area (Å²) in [6.07, 6.45) is 2.84. The molecule has 0 fully saturated rings. The van der Waals surface area contributed by atoms with E-state index in [4.69, 9.17) is 11.6 Å². The third kappa shape index (κ3) is 3.80. The molecule has 0 saturated carbocycles. The number of nitrogens with zero attached hydrogens (tertiary/aromatic N) is 1. The zero-order valence-electron chi connectivity index (χ0n) is 9.74. The minimum absolute atomic E-state index is 0.778. The van der Waals surface area contributed by atoms with Crippen molar-refractivity contribution in [2.45, 2.75) is 19.9 Å². The van der Waals surface area contributed by atoms with Crippen molar-refractivity contribution in [1.82, 2.24) is 10.3 Å². The van der Waals surface area contributed by atoms with Gasteiger partial charge in [-0.25, -0.2) is 4.98 Å². The van der Waals surface area contributed by atoms with Crippen molar-refractivity contribution < 1.29 is 0 Å². The molecule has 0 spiro atoms. The zero-order chi connectivity index (χ0) is 12.1. The summed E-state index contributed by atoms with van der Waals surface area (Å²) in [5.41, 5.74) is 1.25. The van der Waals surface area contributed by atoms with Crippen LogP contribution in [0.3, 0.4) is 0 Å². The van der Waals surface area contributed by atoms with Gasteiger partial charge < -0.3 is 5.32 Å². The van der Waals surface area contributed by atoms with Crippen LogP contribution in [0.2, 0.25) is 5.02 Å². The van der Waals surface area contributed by atoms with Gasteiger partial charge in [0.05, 0.1) is 5.01 Å². The smallest absolute Gasteiger partial charge is 0.0971 e. The van der Waals surface area contributed by atoms with Gasteiger partial charge in [0, 0.05) is 29.1 Å². The van der Waals surface area contributed by atoms with Crippen molar-refractivity contribution in [3.63, 3.8) is 0 Å². The standard InChI is InChI=1S/C13H15ClN2S/c1-2-15-8-12-9-16-13(17-12)7-10-3-5-11(14)6-4-10/h3-6,9,15H,2,7-8H2,1H3. The Bertz CT molecular complexity index is 465. The highest BCUT2D eigenvalue weighted by Gasteiger charge is 2.03. The molecule has 0 unspecified atom stereocenters. The van der Waals surface area contributed by atoms with Crippen LogP contribution in [0.25, 0.3) is 0 Å². The average molecular weight is 267 g/mol. The van der Waals surface area contributed by atoms with Crippen molar-refractivity contribution in [3.05, 3.63) is 50.9 Å². The lowest BCUT2D eigenvalue weighted by Crippen LogP contribution is -2.10. The SMILES string of the molecule is CCNCc1cnc(Cc2ccc(Cl)cc2)s1. The average Bonchev–Trinajstić information content (AvgIpc) is 2.77. The Labute approximate surface area is 111 Å². The third-order valence-electron chi connectivity index (χ3n) is 2.42. The van der Waals surface area contributed by atoms with E-state index in [1.54, 1.807) is 11.3 Å². The number of hydrogen-bond acceptors (Lipinski definition) is 3. The van der Waals surface area contributed by atoms with Gasteiger partial charge in [0.1, 0.15) is 0 Å². The Morgan fingerprint density at radius 1 is 1.29 bits per heavy atom. The van der Waals surface area contributed by atoms with Gasteiger partial charge in [-0.05, 0) is 24.2 Å². The summed E-state index contributed by atoms with van der Waals surface area (Å²) < 4.78 is 0. The zero-order valence-corrected chi connectivity index (χ0v) is 11.3. The molecule has 4 heteroatoms. The van der Waals surface area contributed by atoms with Gasteiger partial charge in [-0.3, -0.25) is 0 Å². The molecule has 0 aliphatic rings. The molecule has 0 radical (unpaired) electrons. The molecule has 1 aromatic carbocycles. The topological polar surface area (TPSA) is 24.9 Å². The molecule has 17 heavy (non-hydrogen) atoms. The Balaban J connectivity index is 1.98. The summed E-state index contributed by atoms with van der Waals surface area (Å²) in [6.45, 7) is 4.01. The number of benzene rings is 1. The third-order valence-corrected chi connectivity index (χ3v) is 3.67. The second kappa shape index (κ2) is 6.15. The van der Waals surface area contributed by atoms with E-state index in [-0.39, 0.29) is 0 Å². The highest BCUT2D eigenvalue weighted by Crippen LogP contribution is 2.18. The van der Waals surface area contributed by atoms with Crippen LogP contribution < -0.4 is 5.32 Å². The Hall–Kier alpha value is -0.900. The second-order valence-corrected chi connectivity index (χ2v) is 5.44. The van der Waals surface area contributed by atoms with E-state index in [0.29, 0.717) is 0 Å². The predicted molar refractivity (Wildman–Crippen MR) is 73.8 cm³/mol. The first-order valence-electron chi connectivity index (χ1n) is 5.66. The van der Waals surface area contributed by atoms with Gasteiger partial charge >= 0.3 is 0 Å². The van der Waals surface area contributed by atoms with Crippen LogP contribution in [0.4, 0.5) is 0 Å². The molecule has 0 bridgehead atoms. The van der Waals surface area contributed by atoms with Crippen molar-refractivity contribution in [1.29, 1.82) is 0 Å².